The third-order valence-corrected chi connectivity index (χ3v) is 3.86. The van der Waals surface area contributed by atoms with Gasteiger partial charge >= 0.3 is 0 Å². The highest BCUT2D eigenvalue weighted by Crippen LogP contribution is 2.25. The molecular formula is C15H23N3. The summed E-state index contributed by atoms with van der Waals surface area (Å²) < 4.78 is 0. The summed E-state index contributed by atoms with van der Waals surface area (Å²) in [6.07, 6.45) is 6.30. The van der Waals surface area contributed by atoms with E-state index in [1.165, 1.54) is 36.8 Å². The molecule has 0 bridgehead atoms. The number of aromatic nitrogens is 3. The zero-order chi connectivity index (χ0) is 13.0. The van der Waals surface area contributed by atoms with E-state index in [1.807, 2.05) is 6.07 Å². The molecule has 0 aliphatic heterocycles. The first-order chi connectivity index (χ1) is 8.76. The van der Waals surface area contributed by atoms with Crippen molar-refractivity contribution in [3.8, 4) is 0 Å². The maximum Gasteiger partial charge on any atom is 0.116 e. The lowest BCUT2D eigenvalue weighted by Crippen LogP contribution is -2.05. The molecule has 2 aromatic rings. The van der Waals surface area contributed by atoms with E-state index in [0.717, 1.165) is 23.4 Å². The Hall–Kier alpha value is -1.38. The normalized spacial score (nSPS) is 13.1. The summed E-state index contributed by atoms with van der Waals surface area (Å²) in [7, 11) is 0. The average molecular weight is 245 g/mol. The van der Waals surface area contributed by atoms with Crippen molar-refractivity contribution in [1.29, 1.82) is 0 Å². The van der Waals surface area contributed by atoms with Crippen molar-refractivity contribution < 1.29 is 0 Å². The highest BCUT2D eigenvalue weighted by Gasteiger charge is 2.13. The fourth-order valence-electron chi connectivity index (χ4n) is 2.56. The molecule has 1 aromatic carbocycles. The zero-order valence-electron chi connectivity index (χ0n) is 11.7. The Bertz CT molecular complexity index is 501. The number of unbranched alkanes of at least 4 members (excludes halogenated alkanes) is 1. The van der Waals surface area contributed by atoms with Crippen LogP contribution in [-0.4, -0.2) is 15.4 Å². The number of nitrogens with one attached hydrogen (secondary N) is 1. The Kier molecular flexibility index (Phi) is 4.34. The lowest BCUT2D eigenvalue weighted by Gasteiger charge is -2.16. The van der Waals surface area contributed by atoms with Crippen LogP contribution in [0.4, 0.5) is 0 Å². The van der Waals surface area contributed by atoms with Crippen LogP contribution in [0.3, 0.4) is 0 Å². The van der Waals surface area contributed by atoms with E-state index in [-0.39, 0.29) is 0 Å². The van der Waals surface area contributed by atoms with Gasteiger partial charge in [-0.3, -0.25) is 0 Å². The molecule has 0 radical (unpaired) electrons. The Balaban J connectivity index is 2.23. The smallest absolute Gasteiger partial charge is 0.116 e. The highest BCUT2D eigenvalue weighted by molar-refractivity contribution is 5.78. The van der Waals surface area contributed by atoms with E-state index in [9.17, 15) is 0 Å². The largest absolute Gasteiger partial charge is 0.197 e. The molecule has 0 saturated carbocycles. The van der Waals surface area contributed by atoms with Gasteiger partial charge in [-0.2, -0.15) is 15.4 Å². The fourth-order valence-corrected chi connectivity index (χ4v) is 2.56. The third kappa shape index (κ3) is 2.71. The maximum atomic E-state index is 4.31. The Morgan fingerprint density at radius 1 is 1.22 bits per heavy atom. The van der Waals surface area contributed by atoms with Gasteiger partial charge in [-0.15, -0.1) is 0 Å². The second-order valence-corrected chi connectivity index (χ2v) is 5.17. The summed E-state index contributed by atoms with van der Waals surface area (Å²) in [5, 5.41) is 11.2. The van der Waals surface area contributed by atoms with E-state index in [2.05, 4.69) is 42.2 Å². The van der Waals surface area contributed by atoms with Gasteiger partial charge in [0.2, 0.25) is 0 Å². The fraction of sp³-hybridized carbons (Fsp3) is 0.600. The van der Waals surface area contributed by atoms with Crippen LogP contribution in [0.15, 0.2) is 12.1 Å². The quantitative estimate of drug-likeness (QED) is 0.835. The standard InChI is InChI=1S/C15H23N3/c1-4-6-7-12(5-2)10-13-11(3)8-9-14-15(13)17-18-16-14/h8-9,12H,4-7,10H2,1-3H3,(H,16,17,18). The summed E-state index contributed by atoms with van der Waals surface area (Å²) in [4.78, 5) is 0. The van der Waals surface area contributed by atoms with E-state index < -0.39 is 0 Å². The first-order valence-corrected chi connectivity index (χ1v) is 7.05. The zero-order valence-corrected chi connectivity index (χ0v) is 11.7. The van der Waals surface area contributed by atoms with Crippen molar-refractivity contribution in [2.75, 3.05) is 0 Å². The molecule has 1 atom stereocenters. The summed E-state index contributed by atoms with van der Waals surface area (Å²) in [6, 6.07) is 4.21. The number of hydrogen-bond donors (Lipinski definition) is 1. The lowest BCUT2D eigenvalue weighted by atomic mass is 9.89. The molecular weight excluding hydrogens is 222 g/mol. The number of aromatic amines is 1. The maximum absolute atomic E-state index is 4.31. The number of aryl methyl sites for hydroxylation is 1. The van der Waals surface area contributed by atoms with E-state index in [4.69, 9.17) is 0 Å². The van der Waals surface area contributed by atoms with E-state index >= 15 is 0 Å². The molecule has 3 heteroatoms. The molecule has 0 saturated heterocycles. The van der Waals surface area contributed by atoms with Crippen LogP contribution in [-0.2, 0) is 6.42 Å². The molecule has 0 spiro atoms. The van der Waals surface area contributed by atoms with Crippen molar-refractivity contribution in [3.05, 3.63) is 23.3 Å². The van der Waals surface area contributed by atoms with Crippen molar-refractivity contribution in [1.82, 2.24) is 15.4 Å². The molecule has 1 aromatic heterocycles. The molecule has 0 fully saturated rings. The van der Waals surface area contributed by atoms with Gasteiger partial charge in [0.15, 0.2) is 0 Å². The van der Waals surface area contributed by atoms with Crippen molar-refractivity contribution >= 4 is 11.0 Å². The van der Waals surface area contributed by atoms with Crippen LogP contribution >= 0.6 is 0 Å². The van der Waals surface area contributed by atoms with Crippen LogP contribution in [0.2, 0.25) is 0 Å². The molecule has 0 amide bonds. The number of hydrogen-bond acceptors (Lipinski definition) is 2. The molecule has 18 heavy (non-hydrogen) atoms. The second-order valence-electron chi connectivity index (χ2n) is 5.17. The van der Waals surface area contributed by atoms with Crippen molar-refractivity contribution in [3.63, 3.8) is 0 Å². The third-order valence-electron chi connectivity index (χ3n) is 3.86. The first kappa shape index (κ1) is 13.1. The molecule has 1 unspecified atom stereocenters. The molecule has 0 aliphatic carbocycles. The van der Waals surface area contributed by atoms with Gasteiger partial charge in [0.1, 0.15) is 11.0 Å². The van der Waals surface area contributed by atoms with Gasteiger partial charge in [0.25, 0.3) is 0 Å². The van der Waals surface area contributed by atoms with E-state index in [1.54, 1.807) is 0 Å². The predicted octanol–water partition coefficient (Wildman–Crippen LogP) is 4.03. The molecule has 1 heterocycles. The Morgan fingerprint density at radius 2 is 2.06 bits per heavy atom. The monoisotopic (exact) mass is 245 g/mol. The summed E-state index contributed by atoms with van der Waals surface area (Å²) in [6.45, 7) is 6.73. The topological polar surface area (TPSA) is 41.6 Å². The summed E-state index contributed by atoms with van der Waals surface area (Å²) in [5.74, 6) is 0.769. The van der Waals surface area contributed by atoms with E-state index in [0.29, 0.717) is 0 Å². The molecule has 1 N–H and O–H groups in total. The highest BCUT2D eigenvalue weighted by atomic mass is 15.3. The van der Waals surface area contributed by atoms with Crippen LogP contribution < -0.4 is 0 Å². The first-order valence-electron chi connectivity index (χ1n) is 7.05. The minimum atomic E-state index is 0.769. The number of benzene rings is 1. The molecule has 98 valence electrons. The molecule has 2 rings (SSSR count). The second kappa shape index (κ2) is 5.98. The minimum Gasteiger partial charge on any atom is -0.197 e. The van der Waals surface area contributed by atoms with Crippen LogP contribution in [0, 0.1) is 12.8 Å². The number of H-pyrrole nitrogens is 1. The van der Waals surface area contributed by atoms with Gasteiger partial charge in [0, 0.05) is 0 Å². The number of fused-ring (bicyclic) bond motifs is 1. The van der Waals surface area contributed by atoms with Gasteiger partial charge in [0.05, 0.1) is 0 Å². The van der Waals surface area contributed by atoms with Crippen molar-refractivity contribution in [2.24, 2.45) is 5.92 Å². The van der Waals surface area contributed by atoms with Crippen LogP contribution in [0.5, 0.6) is 0 Å². The SMILES string of the molecule is CCCCC(CC)Cc1c(C)ccc2n[nH]nc12. The molecule has 0 aliphatic rings. The number of nitrogens with zero attached hydrogens (tertiary/aromatic N) is 2. The van der Waals surface area contributed by atoms with Crippen molar-refractivity contribution in [2.45, 2.75) is 52.9 Å². The predicted molar refractivity (Wildman–Crippen MR) is 75.6 cm³/mol. The van der Waals surface area contributed by atoms with Gasteiger partial charge in [-0.25, -0.2) is 0 Å². The van der Waals surface area contributed by atoms with Gasteiger partial charge in [-0.1, -0.05) is 45.6 Å². The summed E-state index contributed by atoms with van der Waals surface area (Å²) >= 11 is 0. The molecule has 3 nitrogen and oxygen atoms in total. The lowest BCUT2D eigenvalue weighted by molar-refractivity contribution is 0.449. The van der Waals surface area contributed by atoms with Gasteiger partial charge < -0.3 is 0 Å². The summed E-state index contributed by atoms with van der Waals surface area (Å²) in [5.41, 5.74) is 4.77. The minimum absolute atomic E-state index is 0.769. The van der Waals surface area contributed by atoms with Gasteiger partial charge in [-0.05, 0) is 36.5 Å². The Labute approximate surface area is 109 Å². The Morgan fingerprint density at radius 3 is 2.78 bits per heavy atom. The number of rotatable bonds is 6. The average Bonchev–Trinajstić information content (AvgIpc) is 2.85. The van der Waals surface area contributed by atoms with Crippen LogP contribution in [0.1, 0.15) is 50.7 Å². The van der Waals surface area contributed by atoms with Crippen LogP contribution in [0.25, 0.3) is 11.0 Å².